The molecule has 0 radical (unpaired) electrons. The minimum atomic E-state index is 0. The molecule has 0 aromatic carbocycles. The summed E-state index contributed by atoms with van der Waals surface area (Å²) in [6, 6.07) is 0. The van der Waals surface area contributed by atoms with Gasteiger partial charge in [0.25, 0.3) is 0 Å². The van der Waals surface area contributed by atoms with Crippen LogP contribution >= 0.6 is 11.6 Å². The van der Waals surface area contributed by atoms with Crippen LogP contribution in [0.1, 0.15) is 19.8 Å². The van der Waals surface area contributed by atoms with E-state index in [2.05, 4.69) is 13.2 Å². The van der Waals surface area contributed by atoms with Crippen LogP contribution in [0.3, 0.4) is 0 Å². The monoisotopic (exact) mass is 175 g/mol. The molecule has 1 unspecified atom stereocenters. The molecule has 0 aromatic heterocycles. The van der Waals surface area contributed by atoms with Gasteiger partial charge in [-0.25, -0.2) is 0 Å². The van der Waals surface area contributed by atoms with E-state index in [0.717, 1.165) is 12.8 Å². The Hall–Kier alpha value is -0.270. The fourth-order valence-corrected chi connectivity index (χ4v) is 1.11. The highest BCUT2D eigenvalue weighted by Gasteiger charge is 2.10. The summed E-state index contributed by atoms with van der Waals surface area (Å²) in [5, 5.41) is 0.219. The molecule has 0 fully saturated rings. The van der Waals surface area contributed by atoms with Crippen LogP contribution in [0.2, 0.25) is 0 Å². The maximum atomic E-state index is 5.91. The molecular formula is C9H18ClN. The van der Waals surface area contributed by atoms with Gasteiger partial charge in [0, 0.05) is 5.38 Å². The first kappa shape index (κ1) is 13.3. The summed E-state index contributed by atoms with van der Waals surface area (Å²) < 4.78 is 0. The van der Waals surface area contributed by atoms with Gasteiger partial charge in [-0.1, -0.05) is 12.2 Å². The van der Waals surface area contributed by atoms with Crippen molar-refractivity contribution >= 4 is 11.6 Å². The van der Waals surface area contributed by atoms with Crippen LogP contribution in [-0.2, 0) is 0 Å². The van der Waals surface area contributed by atoms with E-state index in [1.807, 2.05) is 19.1 Å². The summed E-state index contributed by atoms with van der Waals surface area (Å²) in [4.78, 5) is 0. The molecule has 0 amide bonds. The summed E-state index contributed by atoms with van der Waals surface area (Å²) in [5.74, 6) is 0.511. The molecule has 2 heteroatoms. The van der Waals surface area contributed by atoms with Crippen LogP contribution in [-0.4, -0.2) is 5.38 Å². The fourth-order valence-electron chi connectivity index (χ4n) is 0.899. The summed E-state index contributed by atoms with van der Waals surface area (Å²) in [5.41, 5.74) is 0. The molecule has 0 saturated carbocycles. The molecule has 0 aromatic rings. The van der Waals surface area contributed by atoms with Gasteiger partial charge in [-0.05, 0) is 25.7 Å². The maximum Gasteiger partial charge on any atom is 0.0341 e. The van der Waals surface area contributed by atoms with Crippen molar-refractivity contribution in [3.63, 3.8) is 0 Å². The van der Waals surface area contributed by atoms with Gasteiger partial charge in [-0.3, -0.25) is 0 Å². The molecule has 0 heterocycles. The van der Waals surface area contributed by atoms with Crippen LogP contribution in [0.25, 0.3) is 0 Å². The quantitative estimate of drug-likeness (QED) is 0.504. The van der Waals surface area contributed by atoms with Gasteiger partial charge in [0.2, 0.25) is 0 Å². The molecule has 0 aliphatic rings. The third-order valence-electron chi connectivity index (χ3n) is 1.59. The molecular weight excluding hydrogens is 158 g/mol. The van der Waals surface area contributed by atoms with E-state index >= 15 is 0 Å². The van der Waals surface area contributed by atoms with E-state index in [9.17, 15) is 0 Å². The molecule has 0 aliphatic carbocycles. The zero-order chi connectivity index (χ0) is 7.98. The Bertz CT molecular complexity index is 100. The standard InChI is InChI=1S/C9H15Cl.H3N/c1-4-6-9(7-5-2)8(3)10;/h4-5,8-9H,1-2,6-7H2,3H3;1H3. The normalized spacial score (nSPS) is 11.9. The fraction of sp³-hybridized carbons (Fsp3) is 0.556. The number of hydrogen-bond donors (Lipinski definition) is 1. The Labute approximate surface area is 74.7 Å². The Kier molecular flexibility index (Phi) is 9.49. The third kappa shape index (κ3) is 6.14. The maximum absolute atomic E-state index is 5.91. The Morgan fingerprint density at radius 2 is 1.64 bits per heavy atom. The average Bonchev–Trinajstić information content (AvgIpc) is 1.87. The van der Waals surface area contributed by atoms with Crippen LogP contribution in [0.15, 0.2) is 25.3 Å². The molecule has 66 valence electrons. The summed E-state index contributed by atoms with van der Waals surface area (Å²) in [6.45, 7) is 9.36. The number of hydrogen-bond acceptors (Lipinski definition) is 1. The van der Waals surface area contributed by atoms with E-state index in [1.165, 1.54) is 0 Å². The zero-order valence-electron chi connectivity index (χ0n) is 7.22. The SMILES string of the molecule is C=CCC(CC=C)C(C)Cl.N. The van der Waals surface area contributed by atoms with Gasteiger partial charge in [-0.15, -0.1) is 24.8 Å². The van der Waals surface area contributed by atoms with Gasteiger partial charge in [0.1, 0.15) is 0 Å². The summed E-state index contributed by atoms with van der Waals surface area (Å²) in [7, 11) is 0. The van der Waals surface area contributed by atoms with Crippen molar-refractivity contribution in [2.24, 2.45) is 5.92 Å². The Morgan fingerprint density at radius 3 is 1.82 bits per heavy atom. The molecule has 3 N–H and O–H groups in total. The van der Waals surface area contributed by atoms with E-state index in [4.69, 9.17) is 11.6 Å². The predicted octanol–water partition coefficient (Wildman–Crippen LogP) is 3.54. The minimum absolute atomic E-state index is 0. The van der Waals surface area contributed by atoms with Crippen molar-refractivity contribution in [3.05, 3.63) is 25.3 Å². The van der Waals surface area contributed by atoms with Crippen molar-refractivity contribution in [2.45, 2.75) is 25.1 Å². The number of halogens is 1. The van der Waals surface area contributed by atoms with Crippen molar-refractivity contribution in [3.8, 4) is 0 Å². The average molecular weight is 176 g/mol. The molecule has 0 bridgehead atoms. The van der Waals surface area contributed by atoms with Crippen molar-refractivity contribution in [1.82, 2.24) is 6.15 Å². The first-order valence-corrected chi connectivity index (χ1v) is 4.01. The Morgan fingerprint density at radius 1 is 1.27 bits per heavy atom. The molecule has 1 nitrogen and oxygen atoms in total. The molecule has 0 aliphatic heterocycles. The van der Waals surface area contributed by atoms with Crippen molar-refractivity contribution in [1.29, 1.82) is 0 Å². The first-order chi connectivity index (χ1) is 4.72. The van der Waals surface area contributed by atoms with E-state index < -0.39 is 0 Å². The second kappa shape index (κ2) is 7.83. The lowest BCUT2D eigenvalue weighted by atomic mass is 9.98. The highest BCUT2D eigenvalue weighted by Crippen LogP contribution is 2.18. The van der Waals surface area contributed by atoms with Gasteiger partial charge in [0.05, 0.1) is 0 Å². The lowest BCUT2D eigenvalue weighted by Crippen LogP contribution is -2.08. The largest absolute Gasteiger partial charge is 0.344 e. The second-order valence-electron chi connectivity index (χ2n) is 2.49. The first-order valence-electron chi connectivity index (χ1n) is 3.58. The number of allylic oxidation sites excluding steroid dienone is 2. The lowest BCUT2D eigenvalue weighted by Gasteiger charge is -2.14. The zero-order valence-corrected chi connectivity index (χ0v) is 7.98. The van der Waals surface area contributed by atoms with Crippen LogP contribution in [0.4, 0.5) is 0 Å². The second-order valence-corrected chi connectivity index (χ2v) is 3.17. The molecule has 0 spiro atoms. The van der Waals surface area contributed by atoms with Crippen molar-refractivity contribution in [2.75, 3.05) is 0 Å². The van der Waals surface area contributed by atoms with Gasteiger partial charge < -0.3 is 6.15 Å². The van der Waals surface area contributed by atoms with Gasteiger partial charge >= 0.3 is 0 Å². The summed E-state index contributed by atoms with van der Waals surface area (Å²) in [6.07, 6.45) is 5.79. The Balaban J connectivity index is 0. The van der Waals surface area contributed by atoms with Crippen LogP contribution in [0, 0.1) is 5.92 Å². The van der Waals surface area contributed by atoms with Gasteiger partial charge in [0.15, 0.2) is 0 Å². The van der Waals surface area contributed by atoms with E-state index in [0.29, 0.717) is 5.92 Å². The van der Waals surface area contributed by atoms with Gasteiger partial charge in [-0.2, -0.15) is 0 Å². The molecule has 0 rings (SSSR count). The number of alkyl halides is 1. The molecule has 1 atom stereocenters. The van der Waals surface area contributed by atoms with Crippen molar-refractivity contribution < 1.29 is 0 Å². The summed E-state index contributed by atoms with van der Waals surface area (Å²) >= 11 is 5.91. The van der Waals surface area contributed by atoms with E-state index in [-0.39, 0.29) is 11.5 Å². The van der Waals surface area contributed by atoms with Crippen LogP contribution < -0.4 is 6.15 Å². The van der Waals surface area contributed by atoms with Crippen LogP contribution in [0.5, 0.6) is 0 Å². The highest BCUT2D eigenvalue weighted by atomic mass is 35.5. The molecule has 0 saturated heterocycles. The minimum Gasteiger partial charge on any atom is -0.344 e. The van der Waals surface area contributed by atoms with E-state index in [1.54, 1.807) is 0 Å². The lowest BCUT2D eigenvalue weighted by molar-refractivity contribution is 0.532. The third-order valence-corrected chi connectivity index (χ3v) is 1.94. The smallest absolute Gasteiger partial charge is 0.0341 e. The predicted molar refractivity (Wildman–Crippen MR) is 53.5 cm³/mol. The molecule has 11 heavy (non-hydrogen) atoms. The topological polar surface area (TPSA) is 35.0 Å². The number of rotatable bonds is 5. The highest BCUT2D eigenvalue weighted by molar-refractivity contribution is 6.20.